The van der Waals surface area contributed by atoms with Gasteiger partial charge in [-0.05, 0) is 18.7 Å². The average molecular weight is 325 g/mol. The van der Waals surface area contributed by atoms with E-state index in [1.165, 1.54) is 12.1 Å². The minimum atomic E-state index is -0.581. The number of carbonyl (C=O) groups is 2. The molecule has 0 saturated heterocycles. The Hall–Kier alpha value is -3.06. The van der Waals surface area contributed by atoms with Crippen LogP contribution in [0.3, 0.4) is 0 Å². The normalized spacial score (nSPS) is 13.5. The summed E-state index contributed by atoms with van der Waals surface area (Å²) < 4.78 is 0. The zero-order valence-corrected chi connectivity index (χ0v) is 13.0. The number of hydrogen-bond donors (Lipinski definition) is 0. The molecule has 1 aliphatic rings. The van der Waals surface area contributed by atoms with E-state index >= 15 is 0 Å². The van der Waals surface area contributed by atoms with Crippen molar-refractivity contribution < 1.29 is 14.5 Å². The van der Waals surface area contributed by atoms with Crippen LogP contribution < -0.4 is 0 Å². The van der Waals surface area contributed by atoms with Crippen molar-refractivity contribution in [1.82, 2.24) is 9.80 Å². The highest BCUT2D eigenvalue weighted by Gasteiger charge is 2.37. The van der Waals surface area contributed by atoms with Crippen molar-refractivity contribution >= 4 is 17.5 Å². The molecule has 0 aromatic heterocycles. The van der Waals surface area contributed by atoms with Gasteiger partial charge in [-0.25, -0.2) is 0 Å². The summed E-state index contributed by atoms with van der Waals surface area (Å²) >= 11 is 0. The molecular formula is C17H15N3O4. The van der Waals surface area contributed by atoms with E-state index < -0.39 is 16.7 Å². The third-order valence-electron chi connectivity index (χ3n) is 3.84. The smallest absolute Gasteiger partial charge is 0.270 e. The number of rotatable bonds is 5. The molecule has 0 bridgehead atoms. The summed E-state index contributed by atoms with van der Waals surface area (Å²) in [5.41, 5.74) is 1.16. The number of benzene rings is 2. The Balaban J connectivity index is 1.77. The molecule has 0 fully saturated rings. The molecule has 122 valence electrons. The molecule has 1 aliphatic heterocycles. The Morgan fingerprint density at radius 2 is 1.71 bits per heavy atom. The number of imide groups is 1. The molecule has 1 heterocycles. The Kier molecular flexibility index (Phi) is 4.09. The third-order valence-corrected chi connectivity index (χ3v) is 3.84. The molecule has 0 saturated carbocycles. The van der Waals surface area contributed by atoms with Crippen molar-refractivity contribution in [1.29, 1.82) is 0 Å². The van der Waals surface area contributed by atoms with Gasteiger partial charge in [-0.2, -0.15) is 0 Å². The second-order valence-electron chi connectivity index (χ2n) is 5.67. The highest BCUT2D eigenvalue weighted by molar-refractivity contribution is 6.21. The first kappa shape index (κ1) is 15.8. The van der Waals surface area contributed by atoms with E-state index in [1.807, 2.05) is 35.2 Å². The molecule has 0 atom stereocenters. The van der Waals surface area contributed by atoms with Crippen LogP contribution in [0.1, 0.15) is 26.3 Å². The van der Waals surface area contributed by atoms with Crippen molar-refractivity contribution in [2.24, 2.45) is 0 Å². The molecular weight excluding hydrogens is 310 g/mol. The van der Waals surface area contributed by atoms with Gasteiger partial charge < -0.3 is 0 Å². The van der Waals surface area contributed by atoms with Gasteiger partial charge in [-0.3, -0.25) is 29.5 Å². The van der Waals surface area contributed by atoms with Crippen LogP contribution >= 0.6 is 0 Å². The molecule has 3 rings (SSSR count). The van der Waals surface area contributed by atoms with E-state index in [0.29, 0.717) is 6.54 Å². The van der Waals surface area contributed by atoms with E-state index in [-0.39, 0.29) is 23.5 Å². The van der Waals surface area contributed by atoms with Crippen molar-refractivity contribution in [2.75, 3.05) is 13.7 Å². The standard InChI is InChI=1S/C17H15N3O4/c1-18(10-12-5-3-2-4-6-12)11-19-16(21)14-8-7-13(20(23)24)9-15(14)17(19)22/h2-9H,10-11H2,1H3. The number of hydrogen-bond acceptors (Lipinski definition) is 5. The van der Waals surface area contributed by atoms with Crippen molar-refractivity contribution in [3.8, 4) is 0 Å². The number of fused-ring (bicyclic) bond motifs is 1. The van der Waals surface area contributed by atoms with Crippen LogP contribution in [-0.2, 0) is 6.54 Å². The molecule has 0 N–H and O–H groups in total. The average Bonchev–Trinajstić information content (AvgIpc) is 2.80. The van der Waals surface area contributed by atoms with Gasteiger partial charge in [0, 0.05) is 18.7 Å². The number of carbonyl (C=O) groups excluding carboxylic acids is 2. The van der Waals surface area contributed by atoms with Crippen LogP contribution in [0.5, 0.6) is 0 Å². The van der Waals surface area contributed by atoms with Crippen molar-refractivity contribution in [3.63, 3.8) is 0 Å². The van der Waals surface area contributed by atoms with E-state index in [0.717, 1.165) is 16.5 Å². The first-order chi connectivity index (χ1) is 11.5. The summed E-state index contributed by atoms with van der Waals surface area (Å²) in [6.07, 6.45) is 0. The van der Waals surface area contributed by atoms with Gasteiger partial charge >= 0.3 is 0 Å². The fourth-order valence-electron chi connectivity index (χ4n) is 2.71. The molecule has 0 unspecified atom stereocenters. The summed E-state index contributed by atoms with van der Waals surface area (Å²) in [6.45, 7) is 0.698. The lowest BCUT2D eigenvalue weighted by Gasteiger charge is -2.22. The Morgan fingerprint density at radius 1 is 1.04 bits per heavy atom. The van der Waals surface area contributed by atoms with Gasteiger partial charge in [0.05, 0.1) is 22.7 Å². The molecule has 24 heavy (non-hydrogen) atoms. The SMILES string of the molecule is CN(Cc1ccccc1)CN1C(=O)c2ccc([N+](=O)[O-])cc2C1=O. The monoisotopic (exact) mass is 325 g/mol. The van der Waals surface area contributed by atoms with E-state index in [2.05, 4.69) is 0 Å². The van der Waals surface area contributed by atoms with Crippen LogP contribution in [0.25, 0.3) is 0 Å². The molecule has 2 aromatic rings. The zero-order valence-electron chi connectivity index (χ0n) is 13.0. The lowest BCUT2D eigenvalue weighted by Crippen LogP contribution is -2.39. The zero-order chi connectivity index (χ0) is 17.3. The van der Waals surface area contributed by atoms with Crippen LogP contribution in [-0.4, -0.2) is 40.3 Å². The number of nitro groups is 1. The Labute approximate surface area is 138 Å². The summed E-state index contributed by atoms with van der Waals surface area (Å²) in [5, 5.41) is 10.8. The fraction of sp³-hybridized carbons (Fsp3) is 0.176. The Morgan fingerprint density at radius 3 is 2.38 bits per heavy atom. The molecule has 2 aromatic carbocycles. The number of non-ortho nitro benzene ring substituents is 1. The maximum absolute atomic E-state index is 12.4. The van der Waals surface area contributed by atoms with Crippen LogP contribution in [0.2, 0.25) is 0 Å². The predicted molar refractivity (Wildman–Crippen MR) is 86.4 cm³/mol. The van der Waals surface area contributed by atoms with E-state index in [9.17, 15) is 19.7 Å². The topological polar surface area (TPSA) is 83.8 Å². The summed E-state index contributed by atoms with van der Waals surface area (Å²) in [6, 6.07) is 13.4. The van der Waals surface area contributed by atoms with Gasteiger partial charge in [-0.15, -0.1) is 0 Å². The second-order valence-corrected chi connectivity index (χ2v) is 5.67. The first-order valence-corrected chi connectivity index (χ1v) is 7.34. The quantitative estimate of drug-likeness (QED) is 0.478. The van der Waals surface area contributed by atoms with Crippen LogP contribution in [0, 0.1) is 10.1 Å². The minimum Gasteiger partial charge on any atom is -0.284 e. The van der Waals surface area contributed by atoms with Crippen molar-refractivity contribution in [3.05, 3.63) is 75.3 Å². The third kappa shape index (κ3) is 2.89. The van der Waals surface area contributed by atoms with Crippen LogP contribution in [0.4, 0.5) is 5.69 Å². The lowest BCUT2D eigenvalue weighted by molar-refractivity contribution is -0.384. The van der Waals surface area contributed by atoms with Gasteiger partial charge in [0.2, 0.25) is 0 Å². The number of nitrogens with zero attached hydrogens (tertiary/aromatic N) is 3. The van der Waals surface area contributed by atoms with E-state index in [1.54, 1.807) is 7.05 Å². The highest BCUT2D eigenvalue weighted by Crippen LogP contribution is 2.26. The van der Waals surface area contributed by atoms with Crippen LogP contribution in [0.15, 0.2) is 48.5 Å². The van der Waals surface area contributed by atoms with Gasteiger partial charge in [-0.1, -0.05) is 30.3 Å². The van der Waals surface area contributed by atoms with Crippen molar-refractivity contribution in [2.45, 2.75) is 6.54 Å². The van der Waals surface area contributed by atoms with E-state index in [4.69, 9.17) is 0 Å². The summed E-state index contributed by atoms with van der Waals surface area (Å²) in [7, 11) is 1.80. The lowest BCUT2D eigenvalue weighted by atomic mass is 10.1. The molecule has 7 heteroatoms. The summed E-state index contributed by atoms with van der Waals surface area (Å²) in [4.78, 5) is 38.0. The fourth-order valence-corrected chi connectivity index (χ4v) is 2.71. The first-order valence-electron chi connectivity index (χ1n) is 7.34. The number of amides is 2. The summed E-state index contributed by atoms with van der Waals surface area (Å²) in [5.74, 6) is -0.927. The molecule has 0 spiro atoms. The largest absolute Gasteiger partial charge is 0.284 e. The molecule has 0 radical (unpaired) electrons. The maximum atomic E-state index is 12.4. The van der Waals surface area contributed by atoms with Gasteiger partial charge in [0.15, 0.2) is 0 Å². The minimum absolute atomic E-state index is 0.0855. The predicted octanol–water partition coefficient (Wildman–Crippen LogP) is 2.28. The van der Waals surface area contributed by atoms with Gasteiger partial charge in [0.1, 0.15) is 0 Å². The Bertz CT molecular complexity index is 820. The number of nitro benzene ring substituents is 1. The molecule has 7 nitrogen and oxygen atoms in total. The highest BCUT2D eigenvalue weighted by atomic mass is 16.6. The van der Waals surface area contributed by atoms with Gasteiger partial charge in [0.25, 0.3) is 17.5 Å². The maximum Gasteiger partial charge on any atom is 0.270 e. The molecule has 0 aliphatic carbocycles. The second kappa shape index (κ2) is 6.21. The molecule has 2 amide bonds.